The smallest absolute Gasteiger partial charge is 0.298 e. The fraction of sp³-hybridized carbons (Fsp3) is 0.0635. The van der Waals surface area contributed by atoms with Crippen LogP contribution in [0.4, 0.5) is 0 Å². The summed E-state index contributed by atoms with van der Waals surface area (Å²) >= 11 is 0.927. The zero-order valence-corrected chi connectivity index (χ0v) is 49.4. The van der Waals surface area contributed by atoms with Crippen molar-refractivity contribution in [2.45, 2.75) is 48.3 Å². The number of carbonyl (C=O) groups excluding carboxylic acids is 1. The summed E-state index contributed by atoms with van der Waals surface area (Å²) in [6, 6.07) is 57.6. The average molecular weight is 1270 g/mol. The number of carbonyl (C=O) groups is 1. The van der Waals surface area contributed by atoms with Gasteiger partial charge in [-0.05, 0) is 160 Å². The molecule has 0 unspecified atom stereocenters. The normalized spacial score (nSPS) is 12.8. The first-order chi connectivity index (χ1) is 41.8. The fourth-order valence-electron chi connectivity index (χ4n) is 10.4. The zero-order chi connectivity index (χ0) is 61.3. The molecule has 0 aromatic heterocycles. The lowest BCUT2D eigenvalue weighted by Gasteiger charge is -2.34. The number of sulfone groups is 1. The SMILES string of the molecule is COc1cc2cc(Oc3ccc(C(=O)c4ccc(COc5ccc(C6(c7ccc(Oc8ccc(S(=O)(=O)c9ccc(C)cc9)cc8)cc7)c7ccccc7-c7ccccc76)cc5)c(SOOO)c4)cc3S(=O)(=O)O)c(SOOO)cc2cc1S(=O)(=O)O. The largest absolute Gasteiger partial charge is 0.495 e. The summed E-state index contributed by atoms with van der Waals surface area (Å²) in [5.74, 6) is -0.140. The second-order valence-electron chi connectivity index (χ2n) is 19.5. The van der Waals surface area contributed by atoms with Crippen LogP contribution in [0, 0.1) is 6.92 Å². The number of methoxy groups -OCH3 is 1. The van der Waals surface area contributed by atoms with E-state index in [0.29, 0.717) is 46.9 Å². The van der Waals surface area contributed by atoms with Gasteiger partial charge in [0.25, 0.3) is 20.2 Å². The summed E-state index contributed by atoms with van der Waals surface area (Å²) in [5, 5.41) is 26.1. The third kappa shape index (κ3) is 12.2. The summed E-state index contributed by atoms with van der Waals surface area (Å²) < 4.78 is 130. The van der Waals surface area contributed by atoms with E-state index in [1.165, 1.54) is 55.6 Å². The summed E-state index contributed by atoms with van der Waals surface area (Å²) in [5.41, 5.74) is 6.55. The van der Waals surface area contributed by atoms with Gasteiger partial charge in [-0.25, -0.2) is 18.9 Å². The van der Waals surface area contributed by atoms with E-state index in [1.54, 1.807) is 42.5 Å². The highest BCUT2D eigenvalue weighted by atomic mass is 32.2. The molecule has 0 amide bonds. The highest BCUT2D eigenvalue weighted by Crippen LogP contribution is 2.56. The second-order valence-corrected chi connectivity index (χ2v) is 25.7. The molecule has 24 heteroatoms. The molecule has 0 fully saturated rings. The van der Waals surface area contributed by atoms with E-state index >= 15 is 0 Å². The molecule has 87 heavy (non-hydrogen) atoms. The highest BCUT2D eigenvalue weighted by Gasteiger charge is 2.46. The van der Waals surface area contributed by atoms with Gasteiger partial charge in [-0.2, -0.15) is 16.8 Å². The molecular formula is C63H46O19S5. The maximum atomic E-state index is 14.2. The van der Waals surface area contributed by atoms with Crippen molar-refractivity contribution >= 4 is 70.7 Å². The summed E-state index contributed by atoms with van der Waals surface area (Å²) in [6.45, 7) is 1.82. The third-order valence-corrected chi connectivity index (χ3v) is 19.3. The van der Waals surface area contributed by atoms with Gasteiger partial charge in [-0.3, -0.25) is 13.9 Å². The van der Waals surface area contributed by atoms with Crippen LogP contribution in [0.25, 0.3) is 21.9 Å². The van der Waals surface area contributed by atoms with Gasteiger partial charge < -0.3 is 18.9 Å². The minimum Gasteiger partial charge on any atom is -0.495 e. The molecule has 1 aliphatic carbocycles. The Morgan fingerprint density at radius 1 is 0.494 bits per heavy atom. The number of aryl methyl sites for hydroxylation is 1. The van der Waals surface area contributed by atoms with Crippen LogP contribution < -0.4 is 18.9 Å². The van der Waals surface area contributed by atoms with Crippen LogP contribution in [0.5, 0.6) is 34.5 Å². The lowest BCUT2D eigenvalue weighted by Crippen LogP contribution is -2.28. The standard InChI is InChI=1S/C63H46O19S5/c1-38-11-26-49(27-12-38)85(67,68)50-28-24-48(25-29-50)77-47-22-18-45(19-23-47)63(53-9-5-3-7-51(53)52-8-4-6-10-54(52)63)44-16-20-46(21-17-44)76-37-41-14-13-39(33-58(41)83-81-79-65)62(64)40-15-30-55(60(35-40)86(69,70)71)78-56-31-42-32-57(75-2)61(87(72,73)74)36-43(42)34-59(56)84-82-80-66/h3-36,65-66H,37H2,1-2H3,(H,69,70,71)(H,72,73,74). The molecule has 10 aromatic carbocycles. The van der Waals surface area contributed by atoms with Crippen LogP contribution in [0.1, 0.15) is 49.3 Å². The Morgan fingerprint density at radius 2 is 0.989 bits per heavy atom. The monoisotopic (exact) mass is 1270 g/mol. The van der Waals surface area contributed by atoms with E-state index in [0.717, 1.165) is 57.1 Å². The lowest BCUT2D eigenvalue weighted by molar-refractivity contribution is -0.432. The van der Waals surface area contributed by atoms with E-state index in [-0.39, 0.29) is 59.6 Å². The molecule has 1 aliphatic rings. The van der Waals surface area contributed by atoms with Crippen LogP contribution in [0.2, 0.25) is 0 Å². The number of ketones is 1. The minimum absolute atomic E-state index is 0.0116. The molecule has 11 rings (SSSR count). The van der Waals surface area contributed by atoms with Crippen molar-refractivity contribution in [2.75, 3.05) is 7.11 Å². The minimum atomic E-state index is -5.13. The number of benzene rings is 10. The third-order valence-electron chi connectivity index (χ3n) is 14.4. The first-order valence-electron chi connectivity index (χ1n) is 25.8. The van der Waals surface area contributed by atoms with Crippen molar-refractivity contribution in [2.24, 2.45) is 0 Å². The van der Waals surface area contributed by atoms with Gasteiger partial charge in [0.2, 0.25) is 9.84 Å². The molecule has 0 bridgehead atoms. The number of fused-ring (bicyclic) bond motifs is 4. The Kier molecular flexibility index (Phi) is 17.1. The Balaban J connectivity index is 0.844. The van der Waals surface area contributed by atoms with Crippen LogP contribution in [-0.2, 0) is 60.8 Å². The zero-order valence-electron chi connectivity index (χ0n) is 45.3. The predicted octanol–water partition coefficient (Wildman–Crippen LogP) is 14.1. The van der Waals surface area contributed by atoms with Gasteiger partial charge in [-0.15, -0.1) is 8.67 Å². The summed E-state index contributed by atoms with van der Waals surface area (Å²) in [6.07, 6.45) is 0. The van der Waals surface area contributed by atoms with Crippen LogP contribution in [0.15, 0.2) is 236 Å². The maximum absolute atomic E-state index is 14.2. The van der Waals surface area contributed by atoms with Gasteiger partial charge >= 0.3 is 0 Å². The second kappa shape index (κ2) is 24.7. The molecule has 0 spiro atoms. The highest BCUT2D eigenvalue weighted by molar-refractivity contribution is 7.95. The van der Waals surface area contributed by atoms with Crippen molar-refractivity contribution in [3.05, 3.63) is 251 Å². The first kappa shape index (κ1) is 60.3. The van der Waals surface area contributed by atoms with Gasteiger partial charge in [0, 0.05) is 21.6 Å². The van der Waals surface area contributed by atoms with Crippen molar-refractivity contribution in [3.8, 4) is 45.6 Å². The van der Waals surface area contributed by atoms with E-state index in [2.05, 4.69) is 38.7 Å². The molecule has 442 valence electrons. The van der Waals surface area contributed by atoms with Crippen LogP contribution >= 0.6 is 24.1 Å². The van der Waals surface area contributed by atoms with Gasteiger partial charge in [0.15, 0.2) is 5.78 Å². The average Bonchev–Trinajstić information content (AvgIpc) is 1.60. The van der Waals surface area contributed by atoms with Gasteiger partial charge in [-0.1, -0.05) is 113 Å². The Labute approximate surface area is 506 Å². The van der Waals surface area contributed by atoms with E-state index in [4.69, 9.17) is 33.8 Å². The Bertz CT molecular complexity index is 4580. The molecule has 10 aromatic rings. The molecular weight excluding hydrogens is 1220 g/mol. The molecule has 0 atom stereocenters. The summed E-state index contributed by atoms with van der Waals surface area (Å²) in [7, 11) is -12.4. The number of hydrogen-bond acceptors (Lipinski definition) is 19. The van der Waals surface area contributed by atoms with Crippen molar-refractivity contribution in [1.29, 1.82) is 0 Å². The predicted molar refractivity (Wildman–Crippen MR) is 319 cm³/mol. The molecule has 0 radical (unpaired) electrons. The van der Waals surface area contributed by atoms with Crippen LogP contribution in [-0.4, -0.2) is 57.8 Å². The quantitative estimate of drug-likeness (QED) is 0.0161. The Hall–Kier alpha value is -8.44. The Morgan fingerprint density at radius 3 is 1.56 bits per heavy atom. The van der Waals surface area contributed by atoms with Gasteiger partial charge in [0.05, 0.1) is 51.3 Å². The maximum Gasteiger partial charge on any atom is 0.298 e. The molecule has 4 N–H and O–H groups in total. The molecule has 0 saturated heterocycles. The van der Waals surface area contributed by atoms with E-state index in [1.807, 2.05) is 79.7 Å². The van der Waals surface area contributed by atoms with Crippen molar-refractivity contribution in [1.82, 2.24) is 0 Å². The molecule has 0 aliphatic heterocycles. The first-order valence-corrected chi connectivity index (χ1v) is 31.7. The fourth-order valence-corrected chi connectivity index (χ4v) is 14.0. The molecule has 0 saturated carbocycles. The van der Waals surface area contributed by atoms with Gasteiger partial charge in [0.1, 0.15) is 50.9 Å². The summed E-state index contributed by atoms with van der Waals surface area (Å²) in [4.78, 5) is 13.3. The molecule has 19 nitrogen and oxygen atoms in total. The molecule has 0 heterocycles. The van der Waals surface area contributed by atoms with Crippen LogP contribution in [0.3, 0.4) is 0 Å². The van der Waals surface area contributed by atoms with E-state index in [9.17, 15) is 39.2 Å². The number of hydrogen-bond donors (Lipinski definition) is 4. The van der Waals surface area contributed by atoms with Crippen molar-refractivity contribution < 1.29 is 87.4 Å². The number of rotatable bonds is 22. The van der Waals surface area contributed by atoms with Crippen molar-refractivity contribution in [3.63, 3.8) is 0 Å². The lowest BCUT2D eigenvalue weighted by atomic mass is 9.68. The van der Waals surface area contributed by atoms with E-state index < -0.39 is 56.8 Å². The number of ether oxygens (including phenoxy) is 4. The topological polar surface area (TPSA) is 274 Å².